The quantitative estimate of drug-likeness (QED) is 0.565. The Balaban J connectivity index is 1.66. The maximum atomic E-state index is 12.5. The molecule has 1 aliphatic rings. The highest BCUT2D eigenvalue weighted by Crippen LogP contribution is 2.32. The number of piperazine rings is 1. The Morgan fingerprint density at radius 1 is 1.33 bits per heavy atom. The van der Waals surface area contributed by atoms with E-state index in [0.717, 1.165) is 6.20 Å². The fourth-order valence-electron chi connectivity index (χ4n) is 3.51. The van der Waals surface area contributed by atoms with Gasteiger partial charge in [0.05, 0.1) is 17.9 Å². The molecular formula is C20H24F5N5O3. The molecule has 0 radical (unpaired) electrons. The van der Waals surface area contributed by atoms with Crippen molar-refractivity contribution in [1.29, 1.82) is 0 Å². The number of ether oxygens (including phenoxy) is 1. The molecule has 13 heteroatoms. The number of nitrogens with zero attached hydrogens (tertiary/aromatic N) is 3. The van der Waals surface area contributed by atoms with Crippen molar-refractivity contribution in [3.05, 3.63) is 30.5 Å². The predicted molar refractivity (Wildman–Crippen MR) is 106 cm³/mol. The van der Waals surface area contributed by atoms with E-state index in [1.807, 2.05) is 24.1 Å². The maximum absolute atomic E-state index is 12.5. The standard InChI is InChI=1S/C20H24F5N5O3/c1-19(2,30-4-3-27-13(10-30)6-16(31)29-11-20(23,24)25)17-28-9-15(33-17)12-5-14(8-26-7-12)32-18(21)22/h5,7-9,13,18,27H,3-4,6,10-11H2,1-2H3,(H,29,31)/t13-/m1/s1. The van der Waals surface area contributed by atoms with Crippen LogP contribution in [0.15, 0.2) is 29.1 Å². The van der Waals surface area contributed by atoms with Crippen molar-refractivity contribution in [3.63, 3.8) is 0 Å². The average Bonchev–Trinajstić information content (AvgIpc) is 3.23. The molecule has 0 unspecified atom stereocenters. The van der Waals surface area contributed by atoms with Crippen LogP contribution in [-0.4, -0.2) is 65.8 Å². The molecule has 1 amide bonds. The number of aromatic nitrogens is 2. The molecule has 0 bridgehead atoms. The first-order valence-electron chi connectivity index (χ1n) is 10.1. The number of oxazole rings is 1. The second kappa shape index (κ2) is 10.00. The van der Waals surface area contributed by atoms with Gasteiger partial charge in [0, 0.05) is 43.9 Å². The molecular weight excluding hydrogens is 453 g/mol. The summed E-state index contributed by atoms with van der Waals surface area (Å²) in [4.78, 5) is 22.1. The number of rotatable bonds is 8. The third-order valence-electron chi connectivity index (χ3n) is 5.22. The van der Waals surface area contributed by atoms with E-state index >= 15 is 0 Å². The molecule has 3 heterocycles. The van der Waals surface area contributed by atoms with Crippen LogP contribution in [0, 0.1) is 0 Å². The molecule has 1 fully saturated rings. The lowest BCUT2D eigenvalue weighted by atomic mass is 9.99. The molecule has 1 atom stereocenters. The fourth-order valence-corrected chi connectivity index (χ4v) is 3.51. The Morgan fingerprint density at radius 3 is 2.79 bits per heavy atom. The van der Waals surface area contributed by atoms with Gasteiger partial charge in [0.1, 0.15) is 12.3 Å². The molecule has 1 saturated heterocycles. The lowest BCUT2D eigenvalue weighted by Crippen LogP contribution is -2.57. The second-order valence-electron chi connectivity index (χ2n) is 8.07. The molecule has 2 N–H and O–H groups in total. The normalized spacial score (nSPS) is 17.9. The number of hydrogen-bond donors (Lipinski definition) is 2. The highest BCUT2D eigenvalue weighted by atomic mass is 19.4. The van der Waals surface area contributed by atoms with Crippen LogP contribution in [0.4, 0.5) is 22.0 Å². The topological polar surface area (TPSA) is 92.5 Å². The molecule has 0 saturated carbocycles. The number of nitrogens with one attached hydrogen (secondary N) is 2. The summed E-state index contributed by atoms with van der Waals surface area (Å²) in [5.41, 5.74) is -0.312. The van der Waals surface area contributed by atoms with Crippen molar-refractivity contribution >= 4 is 5.91 Å². The van der Waals surface area contributed by atoms with Gasteiger partial charge in [-0.05, 0) is 19.9 Å². The van der Waals surface area contributed by atoms with Crippen molar-refractivity contribution in [2.24, 2.45) is 0 Å². The van der Waals surface area contributed by atoms with Crippen LogP contribution in [0.25, 0.3) is 11.3 Å². The summed E-state index contributed by atoms with van der Waals surface area (Å²) < 4.78 is 72.1. The van der Waals surface area contributed by atoms with Crippen LogP contribution in [0.2, 0.25) is 0 Å². The largest absolute Gasteiger partial charge is 0.439 e. The predicted octanol–water partition coefficient (Wildman–Crippen LogP) is 2.92. The molecule has 182 valence electrons. The zero-order chi connectivity index (χ0) is 24.2. The number of carbonyl (C=O) groups excluding carboxylic acids is 1. The molecule has 2 aromatic heterocycles. The lowest BCUT2D eigenvalue weighted by Gasteiger charge is -2.42. The summed E-state index contributed by atoms with van der Waals surface area (Å²) in [6, 6.07) is 1.00. The Labute approximate surface area is 186 Å². The number of amides is 1. The highest BCUT2D eigenvalue weighted by Gasteiger charge is 2.37. The van der Waals surface area contributed by atoms with E-state index in [1.165, 1.54) is 18.5 Å². The van der Waals surface area contributed by atoms with Crippen LogP contribution in [0.1, 0.15) is 26.2 Å². The van der Waals surface area contributed by atoms with Crippen molar-refractivity contribution < 1.29 is 35.9 Å². The molecule has 1 aliphatic heterocycles. The highest BCUT2D eigenvalue weighted by molar-refractivity contribution is 5.76. The molecule has 33 heavy (non-hydrogen) atoms. The minimum absolute atomic E-state index is 0.109. The van der Waals surface area contributed by atoms with Crippen LogP contribution in [-0.2, 0) is 10.3 Å². The maximum Gasteiger partial charge on any atom is 0.405 e. The van der Waals surface area contributed by atoms with E-state index in [-0.39, 0.29) is 18.2 Å². The number of pyridine rings is 1. The number of alkyl halides is 5. The Bertz CT molecular complexity index is 950. The molecule has 3 rings (SSSR count). The van der Waals surface area contributed by atoms with Gasteiger partial charge >= 0.3 is 12.8 Å². The number of hydrogen-bond acceptors (Lipinski definition) is 7. The van der Waals surface area contributed by atoms with E-state index in [9.17, 15) is 26.7 Å². The summed E-state index contributed by atoms with van der Waals surface area (Å²) in [5.74, 6) is -0.155. The van der Waals surface area contributed by atoms with Crippen molar-refractivity contribution in [2.45, 2.75) is 44.6 Å². The summed E-state index contributed by atoms with van der Waals surface area (Å²) in [5, 5.41) is 5.01. The van der Waals surface area contributed by atoms with Crippen LogP contribution in [0.5, 0.6) is 5.75 Å². The Kier molecular flexibility index (Phi) is 7.52. The van der Waals surface area contributed by atoms with Gasteiger partial charge in [0.15, 0.2) is 5.76 Å². The van der Waals surface area contributed by atoms with E-state index < -0.39 is 30.8 Å². The molecule has 0 spiro atoms. The first-order chi connectivity index (χ1) is 15.4. The summed E-state index contributed by atoms with van der Waals surface area (Å²) in [6.45, 7) is 0.860. The average molecular weight is 477 g/mol. The van der Waals surface area contributed by atoms with E-state index in [1.54, 1.807) is 0 Å². The Morgan fingerprint density at radius 2 is 2.09 bits per heavy atom. The molecule has 0 aromatic carbocycles. The minimum atomic E-state index is -4.47. The molecule has 8 nitrogen and oxygen atoms in total. The van der Waals surface area contributed by atoms with Gasteiger partial charge in [-0.25, -0.2) is 4.98 Å². The third kappa shape index (κ3) is 6.84. The van der Waals surface area contributed by atoms with Crippen molar-refractivity contribution in [2.75, 3.05) is 26.2 Å². The fraction of sp³-hybridized carbons (Fsp3) is 0.550. The van der Waals surface area contributed by atoms with Gasteiger partial charge in [-0.15, -0.1) is 0 Å². The monoisotopic (exact) mass is 477 g/mol. The molecule has 2 aromatic rings. The summed E-state index contributed by atoms with van der Waals surface area (Å²) >= 11 is 0. The Hall–Kier alpha value is -2.80. The second-order valence-corrected chi connectivity index (χ2v) is 8.07. The first-order valence-corrected chi connectivity index (χ1v) is 10.1. The van der Waals surface area contributed by atoms with Crippen molar-refractivity contribution in [1.82, 2.24) is 25.5 Å². The van der Waals surface area contributed by atoms with Gasteiger partial charge in [0.2, 0.25) is 11.8 Å². The van der Waals surface area contributed by atoms with Crippen LogP contribution >= 0.6 is 0 Å². The van der Waals surface area contributed by atoms with E-state index in [0.29, 0.717) is 36.8 Å². The van der Waals surface area contributed by atoms with Gasteiger partial charge in [0.25, 0.3) is 0 Å². The van der Waals surface area contributed by atoms with E-state index in [4.69, 9.17) is 4.42 Å². The van der Waals surface area contributed by atoms with Gasteiger partial charge in [-0.3, -0.25) is 14.7 Å². The van der Waals surface area contributed by atoms with Crippen LogP contribution < -0.4 is 15.4 Å². The number of carbonyl (C=O) groups is 1. The van der Waals surface area contributed by atoms with Gasteiger partial charge < -0.3 is 19.8 Å². The zero-order valence-electron chi connectivity index (χ0n) is 18.0. The van der Waals surface area contributed by atoms with Gasteiger partial charge in [-0.1, -0.05) is 0 Å². The summed E-state index contributed by atoms with van der Waals surface area (Å²) in [7, 11) is 0. The first kappa shape index (κ1) is 24.8. The molecule has 0 aliphatic carbocycles. The summed E-state index contributed by atoms with van der Waals surface area (Å²) in [6.07, 6.45) is -0.543. The van der Waals surface area contributed by atoms with Crippen molar-refractivity contribution in [3.8, 4) is 17.1 Å². The lowest BCUT2D eigenvalue weighted by molar-refractivity contribution is -0.138. The van der Waals surface area contributed by atoms with E-state index in [2.05, 4.69) is 20.0 Å². The smallest absolute Gasteiger partial charge is 0.405 e. The zero-order valence-corrected chi connectivity index (χ0v) is 18.0. The SMILES string of the molecule is CC(C)(c1ncc(-c2cncc(OC(F)F)c2)o1)N1CCN[C@H](CC(=O)NCC(F)(F)F)C1. The van der Waals surface area contributed by atoms with Gasteiger partial charge in [-0.2, -0.15) is 22.0 Å². The number of halogens is 5. The minimum Gasteiger partial charge on any atom is -0.439 e. The van der Waals surface area contributed by atoms with Crippen LogP contribution in [0.3, 0.4) is 0 Å². The third-order valence-corrected chi connectivity index (χ3v) is 5.22.